The van der Waals surface area contributed by atoms with Crippen LogP contribution in [0.5, 0.6) is 0 Å². The Morgan fingerprint density at radius 1 is 1.16 bits per heavy atom. The summed E-state index contributed by atoms with van der Waals surface area (Å²) in [5, 5.41) is 14.9. The molecule has 6 atom stereocenters. The third kappa shape index (κ3) is 2.68. The van der Waals surface area contributed by atoms with E-state index in [0.717, 1.165) is 36.3 Å². The first-order valence-electron chi connectivity index (χ1n) is 10.3. The number of allylic oxidation sites excluding steroid dienone is 2. The lowest BCUT2D eigenvalue weighted by Crippen LogP contribution is -2.51. The second-order valence-electron chi connectivity index (χ2n) is 9.34. The number of aliphatic hydroxyl groups excluding tert-OH is 1. The molecule has 4 aliphatic rings. The summed E-state index contributed by atoms with van der Waals surface area (Å²) in [6.07, 6.45) is 11.7. The van der Waals surface area contributed by atoms with Gasteiger partial charge in [-0.2, -0.15) is 0 Å². The second-order valence-corrected chi connectivity index (χ2v) is 9.34. The Hall–Kier alpha value is -0.870. The molecule has 4 aliphatic carbocycles. The van der Waals surface area contributed by atoms with Crippen LogP contribution in [-0.4, -0.2) is 30.1 Å². The van der Waals surface area contributed by atoms with Gasteiger partial charge >= 0.3 is 0 Å². The smallest absolute Gasteiger partial charge is 0.129 e. The van der Waals surface area contributed by atoms with E-state index in [0.29, 0.717) is 18.6 Å². The molecule has 3 saturated carbocycles. The zero-order chi connectivity index (χ0) is 17.7. The van der Waals surface area contributed by atoms with Gasteiger partial charge in [0.1, 0.15) is 6.61 Å². The van der Waals surface area contributed by atoms with Gasteiger partial charge in [-0.3, -0.25) is 0 Å². The molecule has 0 aromatic rings. The average Bonchev–Trinajstić information content (AvgIpc) is 2.90. The van der Waals surface area contributed by atoms with Gasteiger partial charge in [0.15, 0.2) is 0 Å². The van der Waals surface area contributed by atoms with E-state index in [1.165, 1.54) is 38.5 Å². The summed E-state index contributed by atoms with van der Waals surface area (Å²) in [7, 11) is 0. The molecule has 0 aromatic heterocycles. The third-order valence-corrected chi connectivity index (χ3v) is 8.32. The van der Waals surface area contributed by atoms with E-state index in [9.17, 15) is 5.11 Å². The molecular weight excluding hydrogens is 312 g/mol. The van der Waals surface area contributed by atoms with Gasteiger partial charge in [0.25, 0.3) is 0 Å². The summed E-state index contributed by atoms with van der Waals surface area (Å²) in [4.78, 5) is 5.31. The Bertz CT molecular complexity index is 586. The Labute approximate surface area is 151 Å². The van der Waals surface area contributed by atoms with Crippen molar-refractivity contribution in [2.24, 2.45) is 39.5 Å². The number of fused-ring (bicyclic) bond motifs is 5. The molecule has 4 rings (SSSR count). The number of aliphatic hydroxyl groups is 1. The van der Waals surface area contributed by atoms with Crippen molar-refractivity contribution in [3.8, 4) is 0 Å². The molecule has 0 heterocycles. The first-order chi connectivity index (χ1) is 12.0. The van der Waals surface area contributed by atoms with Crippen LogP contribution in [0, 0.1) is 28.6 Å². The lowest BCUT2D eigenvalue weighted by Gasteiger charge is -2.57. The fourth-order valence-corrected chi connectivity index (χ4v) is 6.80. The highest BCUT2D eigenvalue weighted by molar-refractivity contribution is 5.96. The minimum Gasteiger partial charge on any atom is -0.394 e. The van der Waals surface area contributed by atoms with E-state index >= 15 is 0 Å². The van der Waals surface area contributed by atoms with Crippen LogP contribution in [0.15, 0.2) is 16.8 Å². The molecule has 0 saturated heterocycles. The highest BCUT2D eigenvalue weighted by Gasteiger charge is 2.58. The summed E-state index contributed by atoms with van der Waals surface area (Å²) >= 11 is 0. The molecule has 4 nitrogen and oxygen atoms in total. The van der Waals surface area contributed by atoms with Gasteiger partial charge in [-0.1, -0.05) is 24.6 Å². The molecule has 0 radical (unpaired) electrons. The van der Waals surface area contributed by atoms with E-state index in [1.807, 2.05) is 0 Å². The van der Waals surface area contributed by atoms with Crippen LogP contribution < -0.4 is 5.73 Å². The molecule has 25 heavy (non-hydrogen) atoms. The molecular formula is C21H34N2O2. The molecule has 4 heteroatoms. The molecule has 0 amide bonds. The minimum atomic E-state index is -0.0759. The third-order valence-electron chi connectivity index (χ3n) is 8.32. The number of nitrogens with two attached hydrogens (primary N) is 1. The van der Waals surface area contributed by atoms with Gasteiger partial charge in [0, 0.05) is 6.54 Å². The molecule has 0 aliphatic heterocycles. The quantitative estimate of drug-likeness (QED) is 0.605. The van der Waals surface area contributed by atoms with Crippen LogP contribution in [0.1, 0.15) is 65.2 Å². The van der Waals surface area contributed by atoms with E-state index in [1.54, 1.807) is 5.57 Å². The van der Waals surface area contributed by atoms with E-state index in [4.69, 9.17) is 10.6 Å². The molecule has 0 bridgehead atoms. The van der Waals surface area contributed by atoms with Crippen LogP contribution in [0.25, 0.3) is 0 Å². The van der Waals surface area contributed by atoms with E-state index in [2.05, 4.69) is 25.1 Å². The number of oxime groups is 1. The van der Waals surface area contributed by atoms with Gasteiger partial charge in [0.2, 0.25) is 0 Å². The van der Waals surface area contributed by atoms with Crippen LogP contribution in [0.3, 0.4) is 0 Å². The normalized spacial score (nSPS) is 47.7. The summed E-state index contributed by atoms with van der Waals surface area (Å²) in [5.74, 6) is 2.30. The van der Waals surface area contributed by atoms with Crippen LogP contribution >= 0.6 is 0 Å². The number of hydrogen-bond donors (Lipinski definition) is 2. The van der Waals surface area contributed by atoms with Crippen molar-refractivity contribution in [3.63, 3.8) is 0 Å². The van der Waals surface area contributed by atoms with Gasteiger partial charge in [-0.25, -0.2) is 0 Å². The molecule has 3 N–H and O–H groups in total. The van der Waals surface area contributed by atoms with E-state index in [-0.39, 0.29) is 11.5 Å². The Morgan fingerprint density at radius 2 is 2.00 bits per heavy atom. The monoisotopic (exact) mass is 346 g/mol. The number of nitrogens with zero attached hydrogens (tertiary/aromatic N) is 1. The number of rotatable bonds is 3. The first kappa shape index (κ1) is 17.5. The maximum atomic E-state index is 10.6. The fraction of sp³-hybridized carbons (Fsp3) is 0.857. The highest BCUT2D eigenvalue weighted by atomic mass is 16.6. The van der Waals surface area contributed by atoms with Crippen molar-refractivity contribution >= 4 is 5.71 Å². The van der Waals surface area contributed by atoms with Gasteiger partial charge < -0.3 is 15.7 Å². The van der Waals surface area contributed by atoms with Crippen molar-refractivity contribution in [2.75, 3.05) is 13.2 Å². The maximum absolute atomic E-state index is 10.6. The van der Waals surface area contributed by atoms with Crippen molar-refractivity contribution in [1.82, 2.24) is 0 Å². The summed E-state index contributed by atoms with van der Waals surface area (Å²) in [6.45, 7) is 5.87. The fourth-order valence-electron chi connectivity index (χ4n) is 6.80. The van der Waals surface area contributed by atoms with E-state index < -0.39 is 0 Å². The summed E-state index contributed by atoms with van der Waals surface area (Å²) < 4.78 is 0. The zero-order valence-electron chi connectivity index (χ0n) is 15.8. The first-order valence-corrected chi connectivity index (χ1v) is 10.3. The lowest BCUT2D eigenvalue weighted by atomic mass is 9.47. The van der Waals surface area contributed by atoms with Gasteiger partial charge in [0.05, 0.1) is 11.8 Å². The molecule has 3 fully saturated rings. The van der Waals surface area contributed by atoms with Gasteiger partial charge in [-0.05, 0) is 86.0 Å². The van der Waals surface area contributed by atoms with Gasteiger partial charge in [-0.15, -0.1) is 0 Å². The van der Waals surface area contributed by atoms with Crippen molar-refractivity contribution in [1.29, 1.82) is 0 Å². The minimum absolute atomic E-state index is 0.0759. The molecule has 140 valence electrons. The molecule has 0 spiro atoms. The van der Waals surface area contributed by atoms with Crippen molar-refractivity contribution in [2.45, 2.75) is 71.3 Å². The average molecular weight is 347 g/mol. The standard InChI is InChI=1S/C21H34N2O2/c1-20-9-7-15(23-25-12-11-22)13-14(20)3-4-16-17-5-6-19(24)21(17,2)10-8-18(16)20/h13,16-19,24H,3-12,22H2,1-2H3/b23-15+. The Balaban J connectivity index is 1.57. The van der Waals surface area contributed by atoms with Crippen molar-refractivity contribution in [3.05, 3.63) is 11.6 Å². The summed E-state index contributed by atoms with van der Waals surface area (Å²) in [5.41, 5.74) is 8.67. The Kier molecular flexibility index (Phi) is 4.48. The van der Waals surface area contributed by atoms with Crippen LogP contribution in [0.4, 0.5) is 0 Å². The Morgan fingerprint density at radius 3 is 2.80 bits per heavy atom. The maximum Gasteiger partial charge on any atom is 0.129 e. The second kappa shape index (κ2) is 6.38. The lowest BCUT2D eigenvalue weighted by molar-refractivity contribution is -0.0722. The SMILES string of the molecule is CC12CC/C(=N\OCCN)C=C1CCC1C2CCC2(C)C(O)CCC12. The summed E-state index contributed by atoms with van der Waals surface area (Å²) in [6, 6.07) is 0. The predicted octanol–water partition coefficient (Wildman–Crippen LogP) is 3.64. The topological polar surface area (TPSA) is 67.8 Å². The number of hydrogen-bond acceptors (Lipinski definition) is 4. The predicted molar refractivity (Wildman–Crippen MR) is 100 cm³/mol. The molecule has 0 aromatic carbocycles. The van der Waals surface area contributed by atoms with Crippen molar-refractivity contribution < 1.29 is 9.94 Å². The largest absolute Gasteiger partial charge is 0.394 e. The van der Waals surface area contributed by atoms with Crippen LogP contribution in [-0.2, 0) is 4.84 Å². The highest BCUT2D eigenvalue weighted by Crippen LogP contribution is 2.65. The zero-order valence-corrected chi connectivity index (χ0v) is 15.8. The molecule has 6 unspecified atom stereocenters. The van der Waals surface area contributed by atoms with Crippen LogP contribution in [0.2, 0.25) is 0 Å².